The maximum absolute atomic E-state index is 11.4. The molecule has 0 saturated heterocycles. The number of aromatic nitrogens is 1. The molecule has 1 aromatic rings. The van der Waals surface area contributed by atoms with Crippen molar-refractivity contribution < 1.29 is 4.79 Å². The quantitative estimate of drug-likeness (QED) is 0.749. The molecule has 15 heavy (non-hydrogen) atoms. The molecule has 0 radical (unpaired) electrons. The molecule has 0 bridgehead atoms. The summed E-state index contributed by atoms with van der Waals surface area (Å²) in [5.74, 6) is 0.739. The van der Waals surface area contributed by atoms with E-state index in [1.54, 1.807) is 18.1 Å². The summed E-state index contributed by atoms with van der Waals surface area (Å²) < 4.78 is 0. The van der Waals surface area contributed by atoms with Gasteiger partial charge in [0.1, 0.15) is 0 Å². The minimum atomic E-state index is 0.0865. The van der Waals surface area contributed by atoms with Crippen LogP contribution in [0.4, 0.5) is 11.4 Å². The van der Waals surface area contributed by atoms with E-state index in [2.05, 4.69) is 16.4 Å². The van der Waals surface area contributed by atoms with E-state index >= 15 is 0 Å². The highest BCUT2D eigenvalue weighted by molar-refractivity contribution is 6.01. The first-order valence-electron chi connectivity index (χ1n) is 5.26. The zero-order valence-electron chi connectivity index (χ0n) is 8.66. The molecule has 1 aliphatic carbocycles. The van der Waals surface area contributed by atoms with Gasteiger partial charge in [-0.1, -0.05) is 0 Å². The number of anilines is 2. The number of amides is 1. The highest BCUT2D eigenvalue weighted by Crippen LogP contribution is 2.41. The summed E-state index contributed by atoms with van der Waals surface area (Å²) in [7, 11) is 1.79. The molecule has 0 aromatic carbocycles. The number of carbonyl (C=O) groups is 1. The van der Waals surface area contributed by atoms with Crippen LogP contribution in [0.5, 0.6) is 0 Å². The molecule has 0 atom stereocenters. The minimum absolute atomic E-state index is 0.0865. The number of pyridine rings is 1. The molecule has 2 heterocycles. The van der Waals surface area contributed by atoms with Gasteiger partial charge in [0.25, 0.3) is 0 Å². The molecule has 2 aliphatic rings. The summed E-state index contributed by atoms with van der Waals surface area (Å²) in [6.45, 7) is 0.387. The monoisotopic (exact) mass is 203 g/mol. The molecule has 1 amide bonds. The fraction of sp³-hybridized carbons (Fsp3) is 0.455. The van der Waals surface area contributed by atoms with Crippen molar-refractivity contribution in [2.45, 2.75) is 18.8 Å². The number of nitrogens with one attached hydrogen (secondary N) is 1. The largest absolute Gasteiger partial charge is 0.374 e. The molecule has 4 nitrogen and oxygen atoms in total. The number of hydrogen-bond donors (Lipinski definition) is 1. The zero-order valence-corrected chi connectivity index (χ0v) is 8.66. The maximum atomic E-state index is 11.4. The average Bonchev–Trinajstić information content (AvgIpc) is 3.07. The Balaban J connectivity index is 2.01. The normalized spacial score (nSPS) is 19.8. The Morgan fingerprint density at radius 1 is 1.53 bits per heavy atom. The van der Waals surface area contributed by atoms with Gasteiger partial charge in [0.15, 0.2) is 0 Å². The van der Waals surface area contributed by atoms with Crippen LogP contribution < -0.4 is 10.2 Å². The Morgan fingerprint density at radius 2 is 2.33 bits per heavy atom. The van der Waals surface area contributed by atoms with Gasteiger partial charge in [-0.15, -0.1) is 0 Å². The summed E-state index contributed by atoms with van der Waals surface area (Å²) in [6, 6.07) is 2.08. The fourth-order valence-corrected chi connectivity index (χ4v) is 1.90. The Hall–Kier alpha value is -1.58. The van der Waals surface area contributed by atoms with Crippen LogP contribution in [-0.2, 0) is 4.79 Å². The van der Waals surface area contributed by atoms with Crippen LogP contribution in [0.15, 0.2) is 12.3 Å². The molecule has 1 aromatic heterocycles. The Bertz CT molecular complexity index is 426. The Labute approximate surface area is 88.3 Å². The topological polar surface area (TPSA) is 45.2 Å². The molecule has 3 rings (SSSR count). The molecule has 4 heteroatoms. The maximum Gasteiger partial charge on any atom is 0.246 e. The summed E-state index contributed by atoms with van der Waals surface area (Å²) in [5.41, 5.74) is 3.08. The van der Waals surface area contributed by atoms with Crippen LogP contribution >= 0.6 is 0 Å². The van der Waals surface area contributed by atoms with E-state index in [1.807, 2.05) is 0 Å². The second-order valence-corrected chi connectivity index (χ2v) is 4.21. The van der Waals surface area contributed by atoms with E-state index in [0.29, 0.717) is 12.5 Å². The van der Waals surface area contributed by atoms with Crippen LogP contribution in [0.25, 0.3) is 0 Å². The number of likely N-dealkylation sites (N-methyl/N-ethyl adjacent to an activating group) is 1. The lowest BCUT2D eigenvalue weighted by molar-refractivity contribution is -0.116. The van der Waals surface area contributed by atoms with Crippen LogP contribution in [0.3, 0.4) is 0 Å². The van der Waals surface area contributed by atoms with E-state index in [9.17, 15) is 4.79 Å². The van der Waals surface area contributed by atoms with Crippen molar-refractivity contribution >= 4 is 17.3 Å². The van der Waals surface area contributed by atoms with Gasteiger partial charge in [0.05, 0.1) is 24.1 Å². The van der Waals surface area contributed by atoms with Crippen molar-refractivity contribution in [3.05, 3.63) is 18.0 Å². The van der Waals surface area contributed by atoms with Gasteiger partial charge < -0.3 is 10.2 Å². The van der Waals surface area contributed by atoms with Crippen molar-refractivity contribution in [1.82, 2.24) is 4.98 Å². The third-order valence-corrected chi connectivity index (χ3v) is 3.07. The Kier molecular flexibility index (Phi) is 1.71. The molecule has 1 fully saturated rings. The van der Waals surface area contributed by atoms with E-state index in [-0.39, 0.29) is 5.91 Å². The van der Waals surface area contributed by atoms with Gasteiger partial charge in [-0.2, -0.15) is 0 Å². The number of hydrogen-bond acceptors (Lipinski definition) is 3. The van der Waals surface area contributed by atoms with Crippen molar-refractivity contribution in [2.24, 2.45) is 0 Å². The fourth-order valence-electron chi connectivity index (χ4n) is 1.90. The first-order chi connectivity index (χ1) is 7.25. The van der Waals surface area contributed by atoms with Crippen LogP contribution in [0.1, 0.15) is 24.5 Å². The number of rotatable bonds is 1. The molecular formula is C11H13N3O. The van der Waals surface area contributed by atoms with Crippen LogP contribution in [0, 0.1) is 0 Å². The van der Waals surface area contributed by atoms with Gasteiger partial charge in [0, 0.05) is 18.7 Å². The standard InChI is InChI=1S/C11H13N3O/c1-14-10-5-12-8(7-2-3-7)4-9(10)13-6-11(14)15/h4-5,7,13H,2-3,6H2,1H3. The molecule has 0 unspecified atom stereocenters. The van der Waals surface area contributed by atoms with E-state index < -0.39 is 0 Å². The van der Waals surface area contributed by atoms with Crippen LogP contribution in [0.2, 0.25) is 0 Å². The smallest absolute Gasteiger partial charge is 0.246 e. The first-order valence-corrected chi connectivity index (χ1v) is 5.26. The summed E-state index contributed by atoms with van der Waals surface area (Å²) >= 11 is 0. The predicted octanol–water partition coefficient (Wildman–Crippen LogP) is 1.35. The Morgan fingerprint density at radius 3 is 3.07 bits per heavy atom. The van der Waals surface area contributed by atoms with Gasteiger partial charge in [-0.25, -0.2) is 0 Å². The molecule has 78 valence electrons. The minimum Gasteiger partial charge on any atom is -0.374 e. The average molecular weight is 203 g/mol. The van der Waals surface area contributed by atoms with E-state index in [1.165, 1.54) is 12.8 Å². The predicted molar refractivity (Wildman–Crippen MR) is 58.1 cm³/mol. The van der Waals surface area contributed by atoms with Gasteiger partial charge in [-0.3, -0.25) is 9.78 Å². The third-order valence-electron chi connectivity index (χ3n) is 3.07. The van der Waals surface area contributed by atoms with Gasteiger partial charge >= 0.3 is 0 Å². The van der Waals surface area contributed by atoms with E-state index in [4.69, 9.17) is 0 Å². The SMILES string of the molecule is CN1C(=O)CNc2cc(C3CC3)ncc21. The lowest BCUT2D eigenvalue weighted by Crippen LogP contribution is -2.36. The second kappa shape index (κ2) is 2.95. The number of nitrogens with zero attached hydrogens (tertiary/aromatic N) is 2. The zero-order chi connectivity index (χ0) is 10.4. The van der Waals surface area contributed by atoms with Crippen LogP contribution in [-0.4, -0.2) is 24.5 Å². The van der Waals surface area contributed by atoms with Crippen molar-refractivity contribution in [3.63, 3.8) is 0 Å². The molecule has 1 aliphatic heterocycles. The van der Waals surface area contributed by atoms with E-state index in [0.717, 1.165) is 17.1 Å². The molecule has 0 spiro atoms. The van der Waals surface area contributed by atoms with Crippen molar-refractivity contribution in [1.29, 1.82) is 0 Å². The summed E-state index contributed by atoms with van der Waals surface area (Å²) in [4.78, 5) is 17.5. The highest BCUT2D eigenvalue weighted by Gasteiger charge is 2.27. The van der Waals surface area contributed by atoms with Gasteiger partial charge in [0.2, 0.25) is 5.91 Å². The second-order valence-electron chi connectivity index (χ2n) is 4.21. The van der Waals surface area contributed by atoms with Gasteiger partial charge in [-0.05, 0) is 18.9 Å². The molecular weight excluding hydrogens is 190 g/mol. The third kappa shape index (κ3) is 1.37. The lowest BCUT2D eigenvalue weighted by atomic mass is 10.2. The summed E-state index contributed by atoms with van der Waals surface area (Å²) in [6.07, 6.45) is 4.30. The van der Waals surface area contributed by atoms with Crippen molar-refractivity contribution in [3.8, 4) is 0 Å². The van der Waals surface area contributed by atoms with Crippen molar-refractivity contribution in [2.75, 3.05) is 23.8 Å². The molecule has 1 N–H and O–H groups in total. The lowest BCUT2D eigenvalue weighted by Gasteiger charge is -2.26. The first kappa shape index (κ1) is 8.71. The molecule has 1 saturated carbocycles. The number of carbonyl (C=O) groups excluding carboxylic acids is 1. The number of fused-ring (bicyclic) bond motifs is 1. The summed E-state index contributed by atoms with van der Waals surface area (Å²) in [5, 5.41) is 3.13. The highest BCUT2D eigenvalue weighted by atomic mass is 16.2.